The second-order valence-electron chi connectivity index (χ2n) is 4.90. The van der Waals surface area contributed by atoms with Crippen molar-refractivity contribution in [1.29, 1.82) is 0 Å². The van der Waals surface area contributed by atoms with Crippen LogP contribution < -0.4 is 5.32 Å². The summed E-state index contributed by atoms with van der Waals surface area (Å²) in [6.07, 6.45) is -0.313. The number of benzene rings is 2. The van der Waals surface area contributed by atoms with E-state index in [1.807, 2.05) is 0 Å². The van der Waals surface area contributed by atoms with Crippen molar-refractivity contribution in [1.82, 2.24) is 0 Å². The molecule has 0 heterocycles. The molecule has 9 heteroatoms. The van der Waals surface area contributed by atoms with E-state index >= 15 is 0 Å². The number of hydrogen-bond acceptors (Lipinski definition) is 5. The lowest BCUT2D eigenvalue weighted by atomic mass is 10.1. The number of hydrogen-bond donors (Lipinski definition) is 1. The van der Waals surface area contributed by atoms with Crippen LogP contribution in [0.2, 0.25) is 10.0 Å². The highest BCUT2D eigenvalue weighted by atomic mass is 35.5. The predicted octanol–water partition coefficient (Wildman–Crippen LogP) is 3.63. The molecule has 0 unspecified atom stereocenters. The van der Waals surface area contributed by atoms with E-state index in [2.05, 4.69) is 5.32 Å². The molecule has 0 saturated heterocycles. The number of nitro benzene ring substituents is 1. The zero-order valence-electron chi connectivity index (χ0n) is 12.7. The fraction of sp³-hybridized carbons (Fsp3) is 0.125. The number of halogens is 2. The molecule has 0 fully saturated rings. The Morgan fingerprint density at radius 2 is 1.88 bits per heavy atom. The van der Waals surface area contributed by atoms with Gasteiger partial charge in [-0.25, -0.2) is 0 Å². The third-order valence-electron chi connectivity index (χ3n) is 3.09. The van der Waals surface area contributed by atoms with Crippen molar-refractivity contribution in [3.63, 3.8) is 0 Å². The van der Waals surface area contributed by atoms with Crippen molar-refractivity contribution in [2.45, 2.75) is 6.42 Å². The maximum absolute atomic E-state index is 11.8. The lowest BCUT2D eigenvalue weighted by Crippen LogP contribution is -2.22. The van der Waals surface area contributed by atoms with E-state index in [0.717, 1.165) is 0 Å². The molecule has 0 radical (unpaired) electrons. The Kier molecular flexibility index (Phi) is 6.32. The molecule has 25 heavy (non-hydrogen) atoms. The van der Waals surface area contributed by atoms with Crippen LogP contribution in [0, 0.1) is 10.1 Å². The zero-order chi connectivity index (χ0) is 18.4. The molecule has 0 saturated carbocycles. The van der Waals surface area contributed by atoms with Crippen LogP contribution >= 0.6 is 23.2 Å². The first-order valence-electron chi connectivity index (χ1n) is 6.99. The van der Waals surface area contributed by atoms with Gasteiger partial charge in [-0.2, -0.15) is 0 Å². The second-order valence-corrected chi connectivity index (χ2v) is 5.74. The van der Waals surface area contributed by atoms with E-state index in [1.165, 1.54) is 30.3 Å². The number of amides is 1. The molecule has 1 N–H and O–H groups in total. The summed E-state index contributed by atoms with van der Waals surface area (Å²) >= 11 is 11.7. The van der Waals surface area contributed by atoms with Crippen LogP contribution in [-0.2, 0) is 20.7 Å². The Hall–Kier alpha value is -2.64. The number of carbonyl (C=O) groups excluding carboxylic acids is 2. The Morgan fingerprint density at radius 1 is 1.16 bits per heavy atom. The first-order chi connectivity index (χ1) is 11.9. The smallest absolute Gasteiger partial charge is 0.311 e. The fourth-order valence-corrected chi connectivity index (χ4v) is 2.42. The van der Waals surface area contributed by atoms with Crippen LogP contribution in [-0.4, -0.2) is 23.4 Å². The van der Waals surface area contributed by atoms with Crippen LogP contribution in [0.15, 0.2) is 42.5 Å². The largest absolute Gasteiger partial charge is 0.455 e. The van der Waals surface area contributed by atoms with Gasteiger partial charge in [0.05, 0.1) is 22.1 Å². The molecule has 0 atom stereocenters. The van der Waals surface area contributed by atoms with Crippen LogP contribution in [0.3, 0.4) is 0 Å². The Labute approximate surface area is 152 Å². The highest BCUT2D eigenvalue weighted by Crippen LogP contribution is 2.25. The molecular weight excluding hydrogens is 371 g/mol. The van der Waals surface area contributed by atoms with Gasteiger partial charge >= 0.3 is 5.97 Å². The number of nitrogens with zero attached hydrogens (tertiary/aromatic N) is 1. The summed E-state index contributed by atoms with van der Waals surface area (Å²) in [5.41, 5.74) is 0.348. The summed E-state index contributed by atoms with van der Waals surface area (Å²) < 4.78 is 4.84. The number of rotatable bonds is 6. The zero-order valence-corrected chi connectivity index (χ0v) is 14.2. The van der Waals surface area contributed by atoms with Gasteiger partial charge in [0.15, 0.2) is 6.61 Å². The summed E-state index contributed by atoms with van der Waals surface area (Å²) in [5.74, 6) is -1.35. The van der Waals surface area contributed by atoms with Gasteiger partial charge < -0.3 is 10.1 Å². The van der Waals surface area contributed by atoms with Crippen molar-refractivity contribution in [2.75, 3.05) is 11.9 Å². The number of nitro groups is 1. The first-order valence-corrected chi connectivity index (χ1v) is 7.75. The van der Waals surface area contributed by atoms with Crippen LogP contribution in [0.1, 0.15) is 5.56 Å². The van der Waals surface area contributed by atoms with E-state index in [4.69, 9.17) is 27.9 Å². The first kappa shape index (κ1) is 18.7. The third kappa shape index (κ3) is 5.44. The van der Waals surface area contributed by atoms with Crippen LogP contribution in [0.25, 0.3) is 0 Å². The van der Waals surface area contributed by atoms with E-state index in [1.54, 1.807) is 12.1 Å². The maximum Gasteiger partial charge on any atom is 0.311 e. The second kappa shape index (κ2) is 8.46. The molecular formula is C16H12Cl2N2O5. The van der Waals surface area contributed by atoms with E-state index in [0.29, 0.717) is 10.7 Å². The molecule has 0 aliphatic carbocycles. The minimum absolute atomic E-state index is 0.183. The number of esters is 1. The molecule has 0 aliphatic heterocycles. The minimum Gasteiger partial charge on any atom is -0.455 e. The van der Waals surface area contributed by atoms with Gasteiger partial charge in [-0.05, 0) is 18.2 Å². The number of carbonyl (C=O) groups is 2. The third-order valence-corrected chi connectivity index (χ3v) is 3.64. The van der Waals surface area contributed by atoms with Gasteiger partial charge in [-0.1, -0.05) is 41.4 Å². The lowest BCUT2D eigenvalue weighted by Gasteiger charge is -2.08. The van der Waals surface area contributed by atoms with Crippen molar-refractivity contribution in [3.05, 3.63) is 68.2 Å². The van der Waals surface area contributed by atoms with Gasteiger partial charge in [-0.3, -0.25) is 19.7 Å². The van der Waals surface area contributed by atoms with Crippen molar-refractivity contribution in [2.24, 2.45) is 0 Å². The molecule has 7 nitrogen and oxygen atoms in total. The Bertz CT molecular complexity index is 826. The summed E-state index contributed by atoms with van der Waals surface area (Å²) in [6, 6.07) is 10.3. The Morgan fingerprint density at radius 3 is 2.56 bits per heavy atom. The highest BCUT2D eigenvalue weighted by Gasteiger charge is 2.17. The summed E-state index contributed by atoms with van der Waals surface area (Å²) in [4.78, 5) is 33.9. The van der Waals surface area contributed by atoms with Crippen LogP contribution in [0.5, 0.6) is 0 Å². The average molecular weight is 383 g/mol. The molecule has 1 amide bonds. The molecule has 130 valence electrons. The average Bonchev–Trinajstić information content (AvgIpc) is 2.56. The molecule has 2 aromatic carbocycles. The standard InChI is InChI=1S/C16H12Cl2N2O5/c17-11-5-6-13(12(18)8-11)19-15(21)9-25-16(22)7-10-3-1-2-4-14(10)20(23)24/h1-6,8H,7,9H2,(H,19,21). The van der Waals surface area contributed by atoms with Gasteiger partial charge in [0, 0.05) is 16.7 Å². The minimum atomic E-state index is -0.758. The molecule has 0 spiro atoms. The number of para-hydroxylation sites is 1. The lowest BCUT2D eigenvalue weighted by molar-refractivity contribution is -0.385. The van der Waals surface area contributed by atoms with E-state index < -0.39 is 23.4 Å². The Balaban J connectivity index is 1.89. The molecule has 0 bridgehead atoms. The van der Waals surface area contributed by atoms with Gasteiger partial charge in [-0.15, -0.1) is 0 Å². The SMILES string of the molecule is O=C(COC(=O)Cc1ccccc1[N+](=O)[O-])Nc1ccc(Cl)cc1Cl. The molecule has 0 aliphatic rings. The molecule has 0 aromatic heterocycles. The quantitative estimate of drug-likeness (QED) is 0.467. The summed E-state index contributed by atoms with van der Waals surface area (Å²) in [5, 5.41) is 14.0. The fourth-order valence-electron chi connectivity index (χ4n) is 1.97. The summed E-state index contributed by atoms with van der Waals surface area (Å²) in [7, 11) is 0. The number of anilines is 1. The molecule has 2 rings (SSSR count). The van der Waals surface area contributed by atoms with E-state index in [9.17, 15) is 19.7 Å². The van der Waals surface area contributed by atoms with Gasteiger partial charge in [0.2, 0.25) is 0 Å². The van der Waals surface area contributed by atoms with Crippen molar-refractivity contribution < 1.29 is 19.2 Å². The van der Waals surface area contributed by atoms with Gasteiger partial charge in [0.1, 0.15) is 0 Å². The van der Waals surface area contributed by atoms with Gasteiger partial charge in [0.25, 0.3) is 11.6 Å². The highest BCUT2D eigenvalue weighted by molar-refractivity contribution is 6.36. The molecule has 2 aromatic rings. The summed E-state index contributed by atoms with van der Waals surface area (Å²) in [6.45, 7) is -0.543. The predicted molar refractivity (Wildman–Crippen MR) is 92.9 cm³/mol. The number of nitrogens with one attached hydrogen (secondary N) is 1. The normalized spacial score (nSPS) is 10.2. The van der Waals surface area contributed by atoms with Crippen LogP contribution in [0.4, 0.5) is 11.4 Å². The van der Waals surface area contributed by atoms with Crippen molar-refractivity contribution in [3.8, 4) is 0 Å². The van der Waals surface area contributed by atoms with E-state index in [-0.39, 0.29) is 22.7 Å². The number of ether oxygens (including phenoxy) is 1. The monoisotopic (exact) mass is 382 g/mol. The topological polar surface area (TPSA) is 98.5 Å². The maximum atomic E-state index is 11.8. The van der Waals surface area contributed by atoms with Crippen molar-refractivity contribution >= 4 is 46.5 Å².